The number of hydrogen-bond donors (Lipinski definition) is 0. The SMILES string of the molecule is CC1(C)CCC(C)(C)c2c1cc1cc3c(c4c1c2CC4)C(C)(C)CCC3(C)C. The van der Waals surface area contributed by atoms with Gasteiger partial charge < -0.3 is 0 Å². The summed E-state index contributed by atoms with van der Waals surface area (Å²) in [6.07, 6.45) is 7.72. The minimum Gasteiger partial charge on any atom is -0.0558 e. The molecular formula is C28H38. The van der Waals surface area contributed by atoms with Crippen LogP contribution in [0.2, 0.25) is 0 Å². The highest BCUT2D eigenvalue weighted by Crippen LogP contribution is 2.55. The Morgan fingerprint density at radius 2 is 0.893 bits per heavy atom. The molecule has 5 rings (SSSR count). The summed E-state index contributed by atoms with van der Waals surface area (Å²) in [5.41, 5.74) is 11.3. The topological polar surface area (TPSA) is 0 Å². The summed E-state index contributed by atoms with van der Waals surface area (Å²) < 4.78 is 0. The summed E-state index contributed by atoms with van der Waals surface area (Å²) in [4.78, 5) is 0. The van der Waals surface area contributed by atoms with E-state index in [0.29, 0.717) is 21.7 Å². The lowest BCUT2D eigenvalue weighted by Crippen LogP contribution is -2.35. The molecule has 0 aromatic heterocycles. The molecule has 28 heavy (non-hydrogen) atoms. The summed E-state index contributed by atoms with van der Waals surface area (Å²) in [6.45, 7) is 19.9. The van der Waals surface area contributed by atoms with E-state index in [0.717, 1.165) is 0 Å². The second-order valence-corrected chi connectivity index (χ2v) is 12.7. The summed E-state index contributed by atoms with van der Waals surface area (Å²) in [5.74, 6) is 0. The van der Waals surface area contributed by atoms with E-state index in [2.05, 4.69) is 67.5 Å². The van der Waals surface area contributed by atoms with Crippen LogP contribution in [0.5, 0.6) is 0 Å². The Morgan fingerprint density at radius 3 is 1.29 bits per heavy atom. The van der Waals surface area contributed by atoms with E-state index in [9.17, 15) is 0 Å². The van der Waals surface area contributed by atoms with Gasteiger partial charge in [-0.2, -0.15) is 0 Å². The van der Waals surface area contributed by atoms with Crippen LogP contribution in [0.1, 0.15) is 114 Å². The molecule has 0 fully saturated rings. The van der Waals surface area contributed by atoms with Crippen LogP contribution in [0.3, 0.4) is 0 Å². The van der Waals surface area contributed by atoms with Crippen molar-refractivity contribution in [1.82, 2.24) is 0 Å². The maximum absolute atomic E-state index is 2.61. The van der Waals surface area contributed by atoms with Gasteiger partial charge in [-0.25, -0.2) is 0 Å². The fraction of sp³-hybridized carbons (Fsp3) is 0.643. The second kappa shape index (κ2) is 5.24. The van der Waals surface area contributed by atoms with E-state index in [1.54, 1.807) is 38.8 Å². The molecule has 3 aliphatic rings. The van der Waals surface area contributed by atoms with Crippen molar-refractivity contribution in [2.45, 2.75) is 116 Å². The van der Waals surface area contributed by atoms with Gasteiger partial charge in [-0.15, -0.1) is 0 Å². The van der Waals surface area contributed by atoms with Crippen molar-refractivity contribution in [3.8, 4) is 0 Å². The van der Waals surface area contributed by atoms with E-state index in [4.69, 9.17) is 0 Å². The Hall–Kier alpha value is -1.30. The van der Waals surface area contributed by atoms with Crippen LogP contribution in [0.25, 0.3) is 10.8 Å². The quantitative estimate of drug-likeness (QED) is 0.444. The molecule has 0 saturated carbocycles. The zero-order chi connectivity index (χ0) is 20.3. The number of aryl methyl sites for hydroxylation is 2. The van der Waals surface area contributed by atoms with Gasteiger partial charge in [0.1, 0.15) is 0 Å². The third-order valence-corrected chi connectivity index (χ3v) is 8.82. The Morgan fingerprint density at radius 1 is 0.536 bits per heavy atom. The lowest BCUT2D eigenvalue weighted by atomic mass is 9.60. The molecule has 0 radical (unpaired) electrons. The highest BCUT2D eigenvalue weighted by molar-refractivity contribution is 5.95. The molecule has 0 heteroatoms. The monoisotopic (exact) mass is 374 g/mol. The van der Waals surface area contributed by atoms with Crippen LogP contribution in [0.4, 0.5) is 0 Å². The molecule has 150 valence electrons. The first-order valence-corrected chi connectivity index (χ1v) is 11.5. The molecule has 0 saturated heterocycles. The lowest BCUT2D eigenvalue weighted by molar-refractivity contribution is 0.330. The fourth-order valence-corrected chi connectivity index (χ4v) is 6.88. The molecule has 0 heterocycles. The third-order valence-electron chi connectivity index (χ3n) is 8.82. The second-order valence-electron chi connectivity index (χ2n) is 12.7. The van der Waals surface area contributed by atoms with Crippen molar-refractivity contribution in [3.05, 3.63) is 45.5 Å². The van der Waals surface area contributed by atoms with Crippen LogP contribution in [-0.2, 0) is 34.5 Å². The van der Waals surface area contributed by atoms with Crippen molar-refractivity contribution in [2.24, 2.45) is 0 Å². The van der Waals surface area contributed by atoms with E-state index in [-0.39, 0.29) is 0 Å². The van der Waals surface area contributed by atoms with Gasteiger partial charge in [0.15, 0.2) is 0 Å². The Bertz CT molecular complexity index is 932. The lowest BCUT2D eigenvalue weighted by Gasteiger charge is -2.45. The van der Waals surface area contributed by atoms with Gasteiger partial charge in [0.2, 0.25) is 0 Å². The minimum absolute atomic E-state index is 0.295. The van der Waals surface area contributed by atoms with Crippen LogP contribution in [-0.4, -0.2) is 0 Å². The summed E-state index contributed by atoms with van der Waals surface area (Å²) in [7, 11) is 0. The van der Waals surface area contributed by atoms with Crippen molar-refractivity contribution < 1.29 is 0 Å². The Balaban J connectivity index is 1.94. The molecule has 0 nitrogen and oxygen atoms in total. The zero-order valence-electron chi connectivity index (χ0n) is 19.4. The smallest absolute Gasteiger partial charge is 0.00973 e. The molecule has 0 N–H and O–H groups in total. The molecule has 2 aromatic rings. The van der Waals surface area contributed by atoms with Gasteiger partial charge >= 0.3 is 0 Å². The molecule has 0 unspecified atom stereocenters. The van der Waals surface area contributed by atoms with Crippen LogP contribution < -0.4 is 0 Å². The summed E-state index contributed by atoms with van der Waals surface area (Å²) >= 11 is 0. The maximum Gasteiger partial charge on any atom is -0.00973 e. The van der Waals surface area contributed by atoms with Gasteiger partial charge in [-0.05, 0) is 104 Å². The average molecular weight is 375 g/mol. The van der Waals surface area contributed by atoms with E-state index >= 15 is 0 Å². The maximum atomic E-state index is 2.61. The van der Waals surface area contributed by atoms with E-state index < -0.39 is 0 Å². The van der Waals surface area contributed by atoms with Crippen molar-refractivity contribution in [1.29, 1.82) is 0 Å². The van der Waals surface area contributed by atoms with Crippen molar-refractivity contribution >= 4 is 10.8 Å². The van der Waals surface area contributed by atoms with E-state index in [1.165, 1.54) is 43.9 Å². The van der Waals surface area contributed by atoms with Gasteiger partial charge in [0, 0.05) is 0 Å². The summed E-state index contributed by atoms with van der Waals surface area (Å²) in [6, 6.07) is 5.23. The van der Waals surface area contributed by atoms with E-state index in [1.807, 2.05) is 0 Å². The Kier molecular flexibility index (Phi) is 3.50. The molecule has 0 aliphatic heterocycles. The number of fused-ring (bicyclic) bond motifs is 4. The number of rotatable bonds is 0. The van der Waals surface area contributed by atoms with Gasteiger partial charge in [0.25, 0.3) is 0 Å². The molecule has 0 spiro atoms. The fourth-order valence-electron chi connectivity index (χ4n) is 6.88. The van der Waals surface area contributed by atoms with Crippen LogP contribution in [0.15, 0.2) is 12.1 Å². The standard InChI is InChI=1S/C28H38/c1-25(2)11-13-27(5,6)23-18-9-10-19-22(18)17(15-20(23)25)16-21-24(19)28(7,8)14-12-26(21,3)4/h15-16H,9-14H2,1-8H3. The molecule has 3 aliphatic carbocycles. The Labute approximate surface area is 172 Å². The third kappa shape index (κ3) is 2.30. The number of hydrogen-bond acceptors (Lipinski definition) is 0. The molecule has 0 amide bonds. The first kappa shape index (κ1) is 18.7. The highest BCUT2D eigenvalue weighted by Gasteiger charge is 2.44. The first-order valence-electron chi connectivity index (χ1n) is 11.5. The average Bonchev–Trinajstić information content (AvgIpc) is 3.01. The molecule has 2 aromatic carbocycles. The highest BCUT2D eigenvalue weighted by atomic mass is 14.5. The molecular weight excluding hydrogens is 336 g/mol. The van der Waals surface area contributed by atoms with Crippen LogP contribution in [0, 0.1) is 0 Å². The van der Waals surface area contributed by atoms with Gasteiger partial charge in [-0.1, -0.05) is 67.5 Å². The minimum atomic E-state index is 0.295. The van der Waals surface area contributed by atoms with Gasteiger partial charge in [-0.3, -0.25) is 0 Å². The van der Waals surface area contributed by atoms with Gasteiger partial charge in [0.05, 0.1) is 0 Å². The normalized spacial score (nSPS) is 25.4. The first-order chi connectivity index (χ1) is 12.9. The zero-order valence-corrected chi connectivity index (χ0v) is 19.4. The van der Waals surface area contributed by atoms with Crippen molar-refractivity contribution in [3.63, 3.8) is 0 Å². The number of benzene rings is 2. The van der Waals surface area contributed by atoms with Crippen molar-refractivity contribution in [2.75, 3.05) is 0 Å². The largest absolute Gasteiger partial charge is 0.0558 e. The molecule has 0 atom stereocenters. The van der Waals surface area contributed by atoms with Crippen LogP contribution >= 0.6 is 0 Å². The summed E-state index contributed by atoms with van der Waals surface area (Å²) in [5, 5.41) is 3.19. The predicted molar refractivity (Wildman–Crippen MR) is 122 cm³/mol. The molecule has 0 bridgehead atoms. The predicted octanol–water partition coefficient (Wildman–Crippen LogP) is 7.64.